The molecule has 1 aromatic heterocycles. The Labute approximate surface area is 99.1 Å². The molecule has 0 radical (unpaired) electrons. The molecule has 0 amide bonds. The second kappa shape index (κ2) is 5.00. The zero-order valence-electron chi connectivity index (χ0n) is 11.2. The quantitative estimate of drug-likeness (QED) is 0.852. The highest BCUT2D eigenvalue weighted by Gasteiger charge is 2.20. The van der Waals surface area contributed by atoms with Gasteiger partial charge in [0.15, 0.2) is 0 Å². The fourth-order valence-corrected chi connectivity index (χ4v) is 2.02. The maximum Gasteiger partial charge on any atom is 0.0948 e. The van der Waals surface area contributed by atoms with Gasteiger partial charge < -0.3 is 10.3 Å². The third-order valence-corrected chi connectivity index (χ3v) is 2.83. The highest BCUT2D eigenvalue weighted by atomic mass is 15.1. The first kappa shape index (κ1) is 13.2. The minimum absolute atomic E-state index is 0.269. The van der Waals surface area contributed by atoms with E-state index in [9.17, 15) is 0 Å². The lowest BCUT2D eigenvalue weighted by atomic mass is 9.91. The number of aromatic nitrogens is 2. The normalized spacial score (nSPS) is 14.4. The maximum absolute atomic E-state index is 5.86. The van der Waals surface area contributed by atoms with Crippen molar-refractivity contribution in [1.29, 1.82) is 0 Å². The predicted octanol–water partition coefficient (Wildman–Crippen LogP) is 2.63. The van der Waals surface area contributed by atoms with Crippen molar-refractivity contribution in [2.75, 3.05) is 6.54 Å². The van der Waals surface area contributed by atoms with E-state index < -0.39 is 0 Å². The van der Waals surface area contributed by atoms with E-state index >= 15 is 0 Å². The van der Waals surface area contributed by atoms with Crippen LogP contribution in [0.4, 0.5) is 0 Å². The van der Waals surface area contributed by atoms with Gasteiger partial charge in [0.1, 0.15) is 0 Å². The molecular weight excluding hydrogens is 198 g/mol. The molecule has 92 valence electrons. The summed E-state index contributed by atoms with van der Waals surface area (Å²) in [5.41, 5.74) is 7.40. The molecule has 0 saturated heterocycles. The topological polar surface area (TPSA) is 43.8 Å². The Kier molecular flexibility index (Phi) is 4.14. The van der Waals surface area contributed by atoms with Crippen molar-refractivity contribution in [3.63, 3.8) is 0 Å². The monoisotopic (exact) mass is 223 g/mol. The Morgan fingerprint density at radius 1 is 1.38 bits per heavy atom. The van der Waals surface area contributed by atoms with Gasteiger partial charge in [-0.3, -0.25) is 0 Å². The van der Waals surface area contributed by atoms with Crippen molar-refractivity contribution in [1.82, 2.24) is 9.55 Å². The molecule has 16 heavy (non-hydrogen) atoms. The molecule has 0 aliphatic carbocycles. The van der Waals surface area contributed by atoms with E-state index in [0.717, 1.165) is 6.54 Å². The Bertz CT molecular complexity index is 320. The van der Waals surface area contributed by atoms with Crippen LogP contribution in [0.3, 0.4) is 0 Å². The molecule has 1 unspecified atom stereocenters. The van der Waals surface area contributed by atoms with E-state index in [2.05, 4.69) is 44.2 Å². The Morgan fingerprint density at radius 3 is 2.44 bits per heavy atom. The molecule has 0 aromatic carbocycles. The van der Waals surface area contributed by atoms with Crippen LogP contribution >= 0.6 is 0 Å². The first-order valence-corrected chi connectivity index (χ1v) is 6.05. The molecule has 1 rings (SSSR count). The minimum Gasteiger partial charge on any atom is -0.334 e. The molecule has 2 N–H and O–H groups in total. The number of nitrogens with two attached hydrogens (primary N) is 1. The van der Waals surface area contributed by atoms with Crippen molar-refractivity contribution in [3.8, 4) is 0 Å². The van der Waals surface area contributed by atoms with Crippen LogP contribution in [0.1, 0.15) is 46.2 Å². The summed E-state index contributed by atoms with van der Waals surface area (Å²) in [4.78, 5) is 4.26. The lowest BCUT2D eigenvalue weighted by molar-refractivity contribution is 0.329. The highest BCUT2D eigenvalue weighted by molar-refractivity contribution is 5.08. The van der Waals surface area contributed by atoms with Crippen LogP contribution in [-0.2, 0) is 6.54 Å². The third kappa shape index (κ3) is 3.34. The smallest absolute Gasteiger partial charge is 0.0948 e. The van der Waals surface area contributed by atoms with Gasteiger partial charge in [-0.1, -0.05) is 34.6 Å². The van der Waals surface area contributed by atoms with Gasteiger partial charge in [-0.2, -0.15) is 0 Å². The van der Waals surface area contributed by atoms with Gasteiger partial charge in [-0.25, -0.2) is 4.98 Å². The summed E-state index contributed by atoms with van der Waals surface area (Å²) in [5, 5.41) is 0. The molecule has 1 heterocycles. The summed E-state index contributed by atoms with van der Waals surface area (Å²) in [6, 6.07) is 0. The summed E-state index contributed by atoms with van der Waals surface area (Å²) >= 11 is 0. The van der Waals surface area contributed by atoms with Gasteiger partial charge in [-0.05, 0) is 11.3 Å². The van der Waals surface area contributed by atoms with Crippen LogP contribution in [0.5, 0.6) is 0 Å². The van der Waals surface area contributed by atoms with E-state index in [1.807, 2.05) is 12.5 Å². The average Bonchev–Trinajstić information content (AvgIpc) is 2.51. The Hall–Kier alpha value is -0.830. The number of hydrogen-bond acceptors (Lipinski definition) is 2. The van der Waals surface area contributed by atoms with Crippen molar-refractivity contribution >= 4 is 0 Å². The van der Waals surface area contributed by atoms with Gasteiger partial charge in [0.05, 0.1) is 6.33 Å². The first-order valence-electron chi connectivity index (χ1n) is 6.05. The first-order chi connectivity index (χ1) is 7.35. The molecule has 0 saturated carbocycles. The minimum atomic E-state index is 0.269. The van der Waals surface area contributed by atoms with E-state index in [1.165, 1.54) is 5.69 Å². The van der Waals surface area contributed by atoms with Gasteiger partial charge in [0.25, 0.3) is 0 Å². The fraction of sp³-hybridized carbons (Fsp3) is 0.769. The van der Waals surface area contributed by atoms with Crippen molar-refractivity contribution in [2.45, 2.75) is 47.1 Å². The SMILES string of the molecule is CC(C)C(CN)c1cncn1CC(C)(C)C. The average molecular weight is 223 g/mol. The molecule has 0 spiro atoms. The van der Waals surface area contributed by atoms with Crippen molar-refractivity contribution < 1.29 is 0 Å². The standard InChI is InChI=1S/C13H25N3/c1-10(2)11(6-14)12-7-15-9-16(12)8-13(3,4)5/h7,9-11H,6,8,14H2,1-5H3. The summed E-state index contributed by atoms with van der Waals surface area (Å²) in [7, 11) is 0. The van der Waals surface area contributed by atoms with E-state index in [0.29, 0.717) is 18.4 Å². The van der Waals surface area contributed by atoms with Crippen LogP contribution in [0, 0.1) is 11.3 Å². The van der Waals surface area contributed by atoms with Crippen LogP contribution in [-0.4, -0.2) is 16.1 Å². The van der Waals surface area contributed by atoms with Gasteiger partial charge in [-0.15, -0.1) is 0 Å². The van der Waals surface area contributed by atoms with Gasteiger partial charge >= 0.3 is 0 Å². The number of nitrogens with zero attached hydrogens (tertiary/aromatic N) is 2. The van der Waals surface area contributed by atoms with E-state index in [-0.39, 0.29) is 5.41 Å². The van der Waals surface area contributed by atoms with Gasteiger partial charge in [0, 0.05) is 30.9 Å². The number of rotatable bonds is 4. The zero-order chi connectivity index (χ0) is 12.3. The molecule has 0 aliphatic rings. The molecule has 0 fully saturated rings. The lowest BCUT2D eigenvalue weighted by Crippen LogP contribution is -2.23. The third-order valence-electron chi connectivity index (χ3n) is 2.83. The second-order valence-corrected chi connectivity index (χ2v) is 6.09. The summed E-state index contributed by atoms with van der Waals surface area (Å²) in [5.74, 6) is 0.963. The van der Waals surface area contributed by atoms with Crippen LogP contribution < -0.4 is 5.73 Å². The Balaban J connectivity index is 2.93. The molecule has 1 atom stereocenters. The van der Waals surface area contributed by atoms with Crippen LogP contribution in [0.15, 0.2) is 12.5 Å². The van der Waals surface area contributed by atoms with Crippen LogP contribution in [0.2, 0.25) is 0 Å². The number of imidazole rings is 1. The molecule has 0 bridgehead atoms. The van der Waals surface area contributed by atoms with Crippen molar-refractivity contribution in [3.05, 3.63) is 18.2 Å². The molecular formula is C13H25N3. The summed E-state index contributed by atoms with van der Waals surface area (Å²) in [6.45, 7) is 12.8. The van der Waals surface area contributed by atoms with E-state index in [4.69, 9.17) is 5.73 Å². The Morgan fingerprint density at radius 2 is 2.00 bits per heavy atom. The second-order valence-electron chi connectivity index (χ2n) is 6.09. The fourth-order valence-electron chi connectivity index (χ4n) is 2.02. The lowest BCUT2D eigenvalue weighted by Gasteiger charge is -2.25. The molecule has 0 aliphatic heterocycles. The maximum atomic E-state index is 5.86. The van der Waals surface area contributed by atoms with Crippen molar-refractivity contribution in [2.24, 2.45) is 17.1 Å². The van der Waals surface area contributed by atoms with Gasteiger partial charge in [0.2, 0.25) is 0 Å². The van der Waals surface area contributed by atoms with E-state index in [1.54, 1.807) is 0 Å². The highest BCUT2D eigenvalue weighted by Crippen LogP contribution is 2.25. The number of hydrogen-bond donors (Lipinski definition) is 1. The largest absolute Gasteiger partial charge is 0.334 e. The predicted molar refractivity (Wildman–Crippen MR) is 68.3 cm³/mol. The summed E-state index contributed by atoms with van der Waals surface area (Å²) in [6.07, 6.45) is 3.88. The summed E-state index contributed by atoms with van der Waals surface area (Å²) < 4.78 is 2.25. The molecule has 3 heteroatoms. The van der Waals surface area contributed by atoms with Crippen LogP contribution in [0.25, 0.3) is 0 Å². The molecule has 3 nitrogen and oxygen atoms in total. The zero-order valence-corrected chi connectivity index (χ0v) is 11.2. The molecule has 1 aromatic rings.